The van der Waals surface area contributed by atoms with Crippen LogP contribution >= 0.6 is 0 Å². The van der Waals surface area contributed by atoms with E-state index >= 15 is 0 Å². The summed E-state index contributed by atoms with van der Waals surface area (Å²) in [5.41, 5.74) is 5.58. The molecular formula is C26H27NO3. The Bertz CT molecular complexity index is 1080. The summed E-state index contributed by atoms with van der Waals surface area (Å²) in [6.45, 7) is 8.58. The van der Waals surface area contributed by atoms with Crippen molar-refractivity contribution >= 4 is 11.6 Å². The summed E-state index contributed by atoms with van der Waals surface area (Å²) in [6.07, 6.45) is 0.879. The van der Waals surface area contributed by atoms with Gasteiger partial charge in [0.1, 0.15) is 12.2 Å². The number of rotatable bonds is 5. The lowest BCUT2D eigenvalue weighted by molar-refractivity contribution is 0.102. The third kappa shape index (κ3) is 4.33. The highest BCUT2D eigenvalue weighted by Crippen LogP contribution is 2.41. The number of benzene rings is 3. The quantitative estimate of drug-likeness (QED) is 0.583. The predicted molar refractivity (Wildman–Crippen MR) is 119 cm³/mol. The Morgan fingerprint density at radius 2 is 1.83 bits per heavy atom. The minimum Gasteiger partial charge on any atom is -0.485 e. The average molecular weight is 402 g/mol. The van der Waals surface area contributed by atoms with Crippen molar-refractivity contribution < 1.29 is 14.3 Å². The number of para-hydroxylation sites is 1. The second-order valence-electron chi connectivity index (χ2n) is 8.54. The molecule has 1 amide bonds. The van der Waals surface area contributed by atoms with Crippen LogP contribution in [0, 0.1) is 13.8 Å². The van der Waals surface area contributed by atoms with Gasteiger partial charge in [-0.3, -0.25) is 4.79 Å². The zero-order valence-corrected chi connectivity index (χ0v) is 17.9. The van der Waals surface area contributed by atoms with Gasteiger partial charge in [-0.1, -0.05) is 36.4 Å². The Labute approximate surface area is 177 Å². The van der Waals surface area contributed by atoms with Gasteiger partial charge in [-0.2, -0.15) is 0 Å². The standard InChI is InChI=1S/C26H27NO3/c1-17-8-9-18(2)22(14-17)27-25(28)20-12-10-19(11-13-20)16-29-23-7-5-6-21-15-26(3,4)30-24(21)23/h5-14H,15-16H2,1-4H3,(H,27,28). The van der Waals surface area contributed by atoms with Crippen molar-refractivity contribution in [3.05, 3.63) is 88.5 Å². The van der Waals surface area contributed by atoms with Crippen LogP contribution < -0.4 is 14.8 Å². The third-order valence-electron chi connectivity index (χ3n) is 5.31. The second kappa shape index (κ2) is 7.86. The van der Waals surface area contributed by atoms with Gasteiger partial charge >= 0.3 is 0 Å². The number of anilines is 1. The van der Waals surface area contributed by atoms with Crippen molar-refractivity contribution in [3.8, 4) is 11.5 Å². The molecule has 0 saturated carbocycles. The van der Waals surface area contributed by atoms with Crippen LogP contribution in [0.2, 0.25) is 0 Å². The van der Waals surface area contributed by atoms with E-state index in [4.69, 9.17) is 9.47 Å². The van der Waals surface area contributed by atoms with Crippen LogP contribution in [0.5, 0.6) is 11.5 Å². The monoisotopic (exact) mass is 401 g/mol. The van der Waals surface area contributed by atoms with E-state index in [1.807, 2.05) is 68.4 Å². The van der Waals surface area contributed by atoms with E-state index in [0.717, 1.165) is 40.3 Å². The lowest BCUT2D eigenvalue weighted by Gasteiger charge is -2.18. The number of amides is 1. The van der Waals surface area contributed by atoms with Crippen LogP contribution in [0.3, 0.4) is 0 Å². The van der Waals surface area contributed by atoms with Gasteiger partial charge in [0.15, 0.2) is 11.5 Å². The average Bonchev–Trinajstić information content (AvgIpc) is 3.04. The molecule has 1 N–H and O–H groups in total. The van der Waals surface area contributed by atoms with Crippen LogP contribution in [0.25, 0.3) is 0 Å². The van der Waals surface area contributed by atoms with Crippen molar-refractivity contribution in [2.24, 2.45) is 0 Å². The topological polar surface area (TPSA) is 47.6 Å². The van der Waals surface area contributed by atoms with Crippen LogP contribution in [0.1, 0.15) is 46.5 Å². The maximum absolute atomic E-state index is 12.6. The molecule has 4 heteroatoms. The SMILES string of the molecule is Cc1ccc(C)c(NC(=O)c2ccc(COc3cccc4c3OC(C)(C)C4)cc2)c1. The van der Waals surface area contributed by atoms with Crippen molar-refractivity contribution in [1.82, 2.24) is 0 Å². The Kier molecular flexibility index (Phi) is 5.25. The molecule has 3 aromatic carbocycles. The van der Waals surface area contributed by atoms with Gasteiger partial charge in [-0.15, -0.1) is 0 Å². The molecule has 154 valence electrons. The van der Waals surface area contributed by atoms with Crippen molar-refractivity contribution in [1.29, 1.82) is 0 Å². The van der Waals surface area contributed by atoms with E-state index in [9.17, 15) is 4.79 Å². The van der Waals surface area contributed by atoms with E-state index in [2.05, 4.69) is 25.2 Å². The van der Waals surface area contributed by atoms with Crippen molar-refractivity contribution in [2.45, 2.75) is 46.3 Å². The van der Waals surface area contributed by atoms with E-state index in [-0.39, 0.29) is 11.5 Å². The third-order valence-corrected chi connectivity index (χ3v) is 5.31. The molecule has 0 radical (unpaired) electrons. The molecule has 0 atom stereocenters. The molecule has 0 aromatic heterocycles. The Morgan fingerprint density at radius 1 is 1.07 bits per heavy atom. The number of carbonyl (C=O) groups excluding carboxylic acids is 1. The molecule has 0 spiro atoms. The number of ether oxygens (including phenoxy) is 2. The fourth-order valence-corrected chi connectivity index (χ4v) is 3.68. The van der Waals surface area contributed by atoms with Gasteiger partial charge in [0.2, 0.25) is 0 Å². The Hall–Kier alpha value is -3.27. The fourth-order valence-electron chi connectivity index (χ4n) is 3.68. The summed E-state index contributed by atoms with van der Waals surface area (Å²) >= 11 is 0. The fraction of sp³-hybridized carbons (Fsp3) is 0.269. The Morgan fingerprint density at radius 3 is 2.60 bits per heavy atom. The van der Waals surface area contributed by atoms with Crippen LogP contribution in [-0.2, 0) is 13.0 Å². The van der Waals surface area contributed by atoms with Crippen LogP contribution in [-0.4, -0.2) is 11.5 Å². The summed E-state index contributed by atoms with van der Waals surface area (Å²) in [6, 6.07) is 19.5. The van der Waals surface area contributed by atoms with E-state index in [1.165, 1.54) is 5.56 Å². The first-order valence-electron chi connectivity index (χ1n) is 10.2. The molecule has 3 aromatic rings. The smallest absolute Gasteiger partial charge is 0.255 e. The number of carbonyl (C=O) groups is 1. The lowest BCUT2D eigenvalue weighted by atomic mass is 10.0. The molecule has 1 aliphatic rings. The number of hydrogen-bond acceptors (Lipinski definition) is 3. The van der Waals surface area contributed by atoms with Crippen molar-refractivity contribution in [2.75, 3.05) is 5.32 Å². The highest BCUT2D eigenvalue weighted by Gasteiger charge is 2.32. The van der Waals surface area contributed by atoms with E-state index < -0.39 is 0 Å². The minimum atomic E-state index is -0.202. The first kappa shape index (κ1) is 20.0. The van der Waals surface area contributed by atoms with Gasteiger partial charge in [0.25, 0.3) is 5.91 Å². The molecule has 30 heavy (non-hydrogen) atoms. The highest BCUT2D eigenvalue weighted by atomic mass is 16.5. The predicted octanol–water partition coefficient (Wildman–Crippen LogP) is 5.85. The molecule has 0 unspecified atom stereocenters. The zero-order chi connectivity index (χ0) is 21.3. The zero-order valence-electron chi connectivity index (χ0n) is 17.9. The normalized spacial score (nSPS) is 14.0. The molecule has 4 rings (SSSR count). The maximum Gasteiger partial charge on any atom is 0.255 e. The largest absolute Gasteiger partial charge is 0.485 e. The number of aryl methyl sites for hydroxylation is 2. The van der Waals surface area contributed by atoms with Gasteiger partial charge in [0.05, 0.1) is 0 Å². The minimum absolute atomic E-state index is 0.118. The molecule has 4 nitrogen and oxygen atoms in total. The molecule has 1 heterocycles. The molecule has 0 bridgehead atoms. The van der Waals surface area contributed by atoms with Crippen molar-refractivity contribution in [3.63, 3.8) is 0 Å². The number of nitrogens with one attached hydrogen (secondary N) is 1. The molecule has 1 aliphatic heterocycles. The summed E-state index contributed by atoms with van der Waals surface area (Å²) < 4.78 is 12.1. The summed E-state index contributed by atoms with van der Waals surface area (Å²) in [5, 5.41) is 2.99. The first-order chi connectivity index (χ1) is 14.3. The van der Waals surface area contributed by atoms with Gasteiger partial charge in [-0.05, 0) is 68.7 Å². The summed E-state index contributed by atoms with van der Waals surface area (Å²) in [7, 11) is 0. The summed E-state index contributed by atoms with van der Waals surface area (Å²) in [4.78, 5) is 12.6. The highest BCUT2D eigenvalue weighted by molar-refractivity contribution is 6.04. The van der Waals surface area contributed by atoms with Gasteiger partial charge in [0, 0.05) is 23.2 Å². The maximum atomic E-state index is 12.6. The molecule has 0 aliphatic carbocycles. The number of fused-ring (bicyclic) bond motifs is 1. The lowest BCUT2D eigenvalue weighted by Crippen LogP contribution is -2.24. The first-order valence-corrected chi connectivity index (χ1v) is 10.2. The van der Waals surface area contributed by atoms with Crippen LogP contribution in [0.4, 0.5) is 5.69 Å². The van der Waals surface area contributed by atoms with E-state index in [0.29, 0.717) is 12.2 Å². The van der Waals surface area contributed by atoms with Gasteiger partial charge in [-0.25, -0.2) is 0 Å². The summed E-state index contributed by atoms with van der Waals surface area (Å²) in [5.74, 6) is 1.48. The Balaban J connectivity index is 1.41. The molecule has 0 saturated heterocycles. The molecular weight excluding hydrogens is 374 g/mol. The molecule has 0 fully saturated rings. The van der Waals surface area contributed by atoms with E-state index in [1.54, 1.807) is 0 Å². The van der Waals surface area contributed by atoms with Gasteiger partial charge < -0.3 is 14.8 Å². The second-order valence-corrected chi connectivity index (χ2v) is 8.54. The van der Waals surface area contributed by atoms with Crippen LogP contribution in [0.15, 0.2) is 60.7 Å². The number of hydrogen-bond donors (Lipinski definition) is 1.